The summed E-state index contributed by atoms with van der Waals surface area (Å²) in [7, 11) is -1.61. The van der Waals surface area contributed by atoms with Gasteiger partial charge in [0.1, 0.15) is 0 Å². The van der Waals surface area contributed by atoms with E-state index in [1.165, 1.54) is 0 Å². The van der Waals surface area contributed by atoms with E-state index in [4.69, 9.17) is 4.80 Å². The molecule has 0 aliphatic heterocycles. The smallest absolute Gasteiger partial charge is 0.179 e. The van der Waals surface area contributed by atoms with Crippen LogP contribution in [0.4, 0.5) is 0 Å². The van der Waals surface area contributed by atoms with Crippen LogP contribution in [0.5, 0.6) is 0 Å². The molecule has 0 spiro atoms. The van der Waals surface area contributed by atoms with Crippen LogP contribution >= 0.6 is 0 Å². The van der Waals surface area contributed by atoms with E-state index in [9.17, 15) is 0 Å². The third kappa shape index (κ3) is 161. The monoisotopic (exact) mass is 222 g/mol. The Bertz CT molecular complexity index is 28.4. The van der Waals surface area contributed by atoms with Gasteiger partial charge in [0, 0.05) is 27.3 Å². The molecule has 0 saturated carbocycles. The van der Waals surface area contributed by atoms with Crippen LogP contribution in [-0.2, 0) is 27.3 Å². The molecule has 0 aliphatic carbocycles. The zero-order valence-electron chi connectivity index (χ0n) is 5.15. The van der Waals surface area contributed by atoms with Crippen LogP contribution in [0.3, 0.4) is 0 Å². The average molecular weight is 221 g/mol. The van der Waals surface area contributed by atoms with Crippen molar-refractivity contribution >= 4 is 8.32 Å². The molecule has 0 unspecified atom stereocenters. The molecule has 0 rings (SSSR count). The molecule has 0 aromatic carbocycles. The molecule has 0 bridgehead atoms. The summed E-state index contributed by atoms with van der Waals surface area (Å²) >= 11 is 0. The fourth-order valence-corrected chi connectivity index (χ4v) is 0. The SMILES string of the molecule is C[Si](C)(C)O.O.[Cd]. The zero-order chi connectivity index (χ0) is 4.50. The Labute approximate surface area is 65.5 Å². The summed E-state index contributed by atoms with van der Waals surface area (Å²) in [5.41, 5.74) is 0. The molecule has 0 aromatic rings. The largest absolute Gasteiger partial charge is 0.433 e. The van der Waals surface area contributed by atoms with E-state index in [2.05, 4.69) is 0 Å². The van der Waals surface area contributed by atoms with Gasteiger partial charge in [-0.3, -0.25) is 0 Å². The minimum absolute atomic E-state index is 0. The van der Waals surface area contributed by atoms with Crippen molar-refractivity contribution in [2.75, 3.05) is 0 Å². The van der Waals surface area contributed by atoms with Gasteiger partial charge in [-0.2, -0.15) is 0 Å². The number of hydrogen-bond donors (Lipinski definition) is 1. The molecule has 2 nitrogen and oxygen atoms in total. The average Bonchev–Trinajstić information content (AvgIpc) is 0.722. The van der Waals surface area contributed by atoms with Crippen LogP contribution < -0.4 is 0 Å². The van der Waals surface area contributed by atoms with Crippen molar-refractivity contribution in [1.82, 2.24) is 0 Å². The predicted octanol–water partition coefficient (Wildman–Crippen LogP) is -0.0136. The maximum Gasteiger partial charge on any atom is 0.179 e. The van der Waals surface area contributed by atoms with Crippen molar-refractivity contribution in [3.63, 3.8) is 0 Å². The van der Waals surface area contributed by atoms with Gasteiger partial charge in [0.2, 0.25) is 0 Å². The topological polar surface area (TPSA) is 51.7 Å². The minimum atomic E-state index is -1.61. The van der Waals surface area contributed by atoms with Gasteiger partial charge < -0.3 is 10.3 Å². The molecule has 42 valence electrons. The molecular formula is C3H12CdO2Si. The first-order chi connectivity index (χ1) is 2.00. The molecule has 4 heteroatoms. The fourth-order valence-electron chi connectivity index (χ4n) is 0. The summed E-state index contributed by atoms with van der Waals surface area (Å²) in [5.74, 6) is 0. The summed E-state index contributed by atoms with van der Waals surface area (Å²) in [6, 6.07) is 0. The summed E-state index contributed by atoms with van der Waals surface area (Å²) < 4.78 is 0. The molecule has 0 atom stereocenters. The van der Waals surface area contributed by atoms with Gasteiger partial charge in [-0.15, -0.1) is 0 Å². The normalized spacial score (nSPS) is 8.57. The standard InChI is InChI=1S/C3H10OSi.Cd.H2O/c1-5(2,3)4;;/h4H,1-3H3;;1H2. The third-order valence-electron chi connectivity index (χ3n) is 0. The quantitative estimate of drug-likeness (QED) is 0.574. The van der Waals surface area contributed by atoms with Crippen molar-refractivity contribution in [3.8, 4) is 0 Å². The first-order valence-electron chi connectivity index (χ1n) is 1.72. The van der Waals surface area contributed by atoms with E-state index in [0.717, 1.165) is 0 Å². The predicted molar refractivity (Wildman–Crippen MR) is 29.2 cm³/mol. The van der Waals surface area contributed by atoms with Crippen molar-refractivity contribution in [2.45, 2.75) is 19.6 Å². The van der Waals surface area contributed by atoms with E-state index in [-0.39, 0.29) is 32.8 Å². The Balaban J connectivity index is -0.0000000800. The van der Waals surface area contributed by atoms with Gasteiger partial charge in [0.15, 0.2) is 8.32 Å². The van der Waals surface area contributed by atoms with Crippen LogP contribution in [0.15, 0.2) is 0 Å². The molecule has 3 N–H and O–H groups in total. The van der Waals surface area contributed by atoms with Gasteiger partial charge in [-0.05, 0) is 19.6 Å². The van der Waals surface area contributed by atoms with Crippen LogP contribution in [0, 0.1) is 0 Å². The summed E-state index contributed by atoms with van der Waals surface area (Å²) in [6.45, 7) is 5.65. The van der Waals surface area contributed by atoms with Crippen molar-refractivity contribution in [1.29, 1.82) is 0 Å². The molecule has 0 aromatic heterocycles. The van der Waals surface area contributed by atoms with E-state index in [1.807, 2.05) is 19.6 Å². The Morgan fingerprint density at radius 3 is 1.14 bits per heavy atom. The van der Waals surface area contributed by atoms with E-state index in [0.29, 0.717) is 0 Å². The van der Waals surface area contributed by atoms with Gasteiger partial charge in [0.05, 0.1) is 0 Å². The van der Waals surface area contributed by atoms with E-state index < -0.39 is 8.32 Å². The number of rotatable bonds is 0. The molecule has 0 radical (unpaired) electrons. The summed E-state index contributed by atoms with van der Waals surface area (Å²) in [5, 5.41) is 0. The van der Waals surface area contributed by atoms with Crippen molar-refractivity contribution in [3.05, 3.63) is 0 Å². The molecule has 0 saturated heterocycles. The molecule has 0 aliphatic rings. The van der Waals surface area contributed by atoms with Gasteiger partial charge in [-0.25, -0.2) is 0 Å². The Morgan fingerprint density at radius 2 is 1.14 bits per heavy atom. The molecule has 0 fully saturated rings. The Morgan fingerprint density at radius 1 is 1.14 bits per heavy atom. The fraction of sp³-hybridized carbons (Fsp3) is 1.00. The van der Waals surface area contributed by atoms with Crippen molar-refractivity contribution in [2.24, 2.45) is 0 Å². The molecular weight excluding hydrogens is 209 g/mol. The molecule has 0 heterocycles. The molecule has 0 amide bonds. The second-order valence-corrected chi connectivity index (χ2v) is 6.51. The minimum Gasteiger partial charge on any atom is -0.433 e. The third-order valence-corrected chi connectivity index (χ3v) is 0. The van der Waals surface area contributed by atoms with Crippen molar-refractivity contribution < 1.29 is 37.6 Å². The van der Waals surface area contributed by atoms with Crippen LogP contribution in [-0.4, -0.2) is 18.6 Å². The second-order valence-electron chi connectivity index (χ2n) is 2.17. The first kappa shape index (κ1) is 15.7. The van der Waals surface area contributed by atoms with E-state index >= 15 is 0 Å². The zero-order valence-corrected chi connectivity index (χ0v) is 10.2. The van der Waals surface area contributed by atoms with Gasteiger partial charge in [0.25, 0.3) is 0 Å². The second kappa shape index (κ2) is 5.20. The maximum atomic E-state index is 8.66. The summed E-state index contributed by atoms with van der Waals surface area (Å²) in [4.78, 5) is 8.66. The van der Waals surface area contributed by atoms with Crippen LogP contribution in [0.25, 0.3) is 0 Å². The summed E-state index contributed by atoms with van der Waals surface area (Å²) in [6.07, 6.45) is 0. The number of hydrogen-bond acceptors (Lipinski definition) is 1. The van der Waals surface area contributed by atoms with E-state index in [1.54, 1.807) is 0 Å². The first-order valence-corrected chi connectivity index (χ1v) is 5.17. The Kier molecular flexibility index (Phi) is 11.7. The van der Waals surface area contributed by atoms with Crippen LogP contribution in [0.1, 0.15) is 0 Å². The van der Waals surface area contributed by atoms with Crippen LogP contribution in [0.2, 0.25) is 19.6 Å². The van der Waals surface area contributed by atoms with Gasteiger partial charge >= 0.3 is 0 Å². The molecule has 7 heavy (non-hydrogen) atoms. The van der Waals surface area contributed by atoms with Gasteiger partial charge in [-0.1, -0.05) is 0 Å². The maximum absolute atomic E-state index is 8.66. The Hall–Kier alpha value is 1.06.